The highest BCUT2D eigenvalue weighted by Gasteiger charge is 2.28. The van der Waals surface area contributed by atoms with Crippen LogP contribution in [0.4, 0.5) is 4.39 Å². The third kappa shape index (κ3) is 4.07. The lowest BCUT2D eigenvalue weighted by atomic mass is 10.1. The first-order chi connectivity index (χ1) is 14.0. The number of rotatable bonds is 6. The van der Waals surface area contributed by atoms with Gasteiger partial charge < -0.3 is 10.2 Å². The molecule has 0 spiro atoms. The van der Waals surface area contributed by atoms with Gasteiger partial charge in [0.05, 0.1) is 11.7 Å². The van der Waals surface area contributed by atoms with Crippen molar-refractivity contribution in [3.63, 3.8) is 0 Å². The molecule has 1 aromatic heterocycles. The van der Waals surface area contributed by atoms with Crippen molar-refractivity contribution < 1.29 is 9.18 Å². The molecular formula is C23H25FN4O. The first-order valence-corrected chi connectivity index (χ1v) is 9.90. The van der Waals surface area contributed by atoms with Gasteiger partial charge in [0.2, 0.25) is 0 Å². The van der Waals surface area contributed by atoms with Gasteiger partial charge >= 0.3 is 0 Å². The van der Waals surface area contributed by atoms with Crippen molar-refractivity contribution in [1.29, 1.82) is 0 Å². The minimum absolute atomic E-state index is 0.133. The van der Waals surface area contributed by atoms with Crippen LogP contribution in [0.1, 0.15) is 39.8 Å². The number of nitrogens with zero attached hydrogens (tertiary/aromatic N) is 3. The van der Waals surface area contributed by atoms with Gasteiger partial charge in [-0.3, -0.25) is 4.79 Å². The molecule has 1 atom stereocenters. The third-order valence-electron chi connectivity index (χ3n) is 5.27. The first kappa shape index (κ1) is 19.3. The van der Waals surface area contributed by atoms with Crippen LogP contribution in [-0.4, -0.2) is 41.2 Å². The number of hydrogen-bond acceptors (Lipinski definition) is 3. The summed E-state index contributed by atoms with van der Waals surface area (Å²) in [7, 11) is 3.98. The Morgan fingerprint density at radius 1 is 1.14 bits per heavy atom. The molecule has 0 radical (unpaired) electrons. The smallest absolute Gasteiger partial charge is 0.272 e. The lowest BCUT2D eigenvalue weighted by molar-refractivity contribution is 0.0923. The Hall–Kier alpha value is -2.99. The fourth-order valence-corrected chi connectivity index (χ4v) is 3.93. The van der Waals surface area contributed by atoms with E-state index in [1.165, 1.54) is 12.1 Å². The Kier molecular flexibility index (Phi) is 5.45. The summed E-state index contributed by atoms with van der Waals surface area (Å²) >= 11 is 0. The fraction of sp³-hybridized carbons (Fsp3) is 0.304. The molecule has 150 valence electrons. The number of likely N-dealkylation sites (N-methyl/N-ethyl adjacent to an activating group) is 1. The van der Waals surface area contributed by atoms with Crippen LogP contribution in [0.5, 0.6) is 0 Å². The Bertz CT molecular complexity index is 996. The topological polar surface area (TPSA) is 50.2 Å². The zero-order chi connectivity index (χ0) is 20.4. The third-order valence-corrected chi connectivity index (χ3v) is 5.27. The van der Waals surface area contributed by atoms with Crippen molar-refractivity contribution in [3.05, 3.63) is 82.9 Å². The molecule has 0 saturated carbocycles. The van der Waals surface area contributed by atoms with Gasteiger partial charge in [-0.15, -0.1) is 0 Å². The highest BCUT2D eigenvalue weighted by Crippen LogP contribution is 2.28. The monoisotopic (exact) mass is 392 g/mol. The van der Waals surface area contributed by atoms with E-state index in [1.54, 1.807) is 16.8 Å². The highest BCUT2D eigenvalue weighted by atomic mass is 19.1. The van der Waals surface area contributed by atoms with Crippen molar-refractivity contribution in [1.82, 2.24) is 20.0 Å². The molecule has 0 saturated heterocycles. The quantitative estimate of drug-likeness (QED) is 0.698. The van der Waals surface area contributed by atoms with E-state index in [2.05, 4.69) is 15.3 Å². The van der Waals surface area contributed by atoms with Gasteiger partial charge in [0.1, 0.15) is 5.82 Å². The van der Waals surface area contributed by atoms with E-state index in [9.17, 15) is 9.18 Å². The molecule has 1 N–H and O–H groups in total. The minimum atomic E-state index is -0.287. The zero-order valence-corrected chi connectivity index (χ0v) is 16.7. The van der Waals surface area contributed by atoms with Gasteiger partial charge in [0, 0.05) is 17.8 Å². The SMILES string of the molecule is CN(C)C[C@H](NC(=O)c1nn(-c2ccc(F)cc2)c2c1CCC2)c1ccccc1. The normalized spacial score (nSPS) is 14.1. The summed E-state index contributed by atoms with van der Waals surface area (Å²) in [5.74, 6) is -0.454. The second-order valence-electron chi connectivity index (χ2n) is 7.71. The van der Waals surface area contributed by atoms with E-state index in [4.69, 9.17) is 0 Å². The summed E-state index contributed by atoms with van der Waals surface area (Å²) in [4.78, 5) is 15.3. The van der Waals surface area contributed by atoms with Gasteiger partial charge in [-0.25, -0.2) is 9.07 Å². The second-order valence-corrected chi connectivity index (χ2v) is 7.71. The van der Waals surface area contributed by atoms with Gasteiger partial charge in [-0.05, 0) is 63.2 Å². The molecule has 1 aliphatic carbocycles. The van der Waals surface area contributed by atoms with Crippen LogP contribution in [0.25, 0.3) is 5.69 Å². The summed E-state index contributed by atoms with van der Waals surface area (Å²) in [6, 6.07) is 16.1. The predicted molar refractivity (Wildman–Crippen MR) is 111 cm³/mol. The Labute approximate surface area is 170 Å². The molecule has 6 heteroatoms. The standard InChI is InChI=1S/C23H25FN4O/c1-27(2)15-20(16-7-4-3-5-8-16)25-23(29)22-19-9-6-10-21(19)28(26-22)18-13-11-17(24)12-14-18/h3-5,7-8,11-14,20H,6,9-10,15H2,1-2H3,(H,25,29)/t20-/m0/s1. The van der Waals surface area contributed by atoms with E-state index in [-0.39, 0.29) is 17.8 Å². The largest absolute Gasteiger partial charge is 0.343 e. The molecule has 4 rings (SSSR count). The van der Waals surface area contributed by atoms with E-state index in [0.717, 1.165) is 41.8 Å². The maximum atomic E-state index is 13.3. The molecular weight excluding hydrogens is 367 g/mol. The van der Waals surface area contributed by atoms with Crippen LogP contribution in [0.15, 0.2) is 54.6 Å². The summed E-state index contributed by atoms with van der Waals surface area (Å²) in [6.07, 6.45) is 2.70. The molecule has 1 amide bonds. The zero-order valence-electron chi connectivity index (χ0n) is 16.7. The van der Waals surface area contributed by atoms with Crippen LogP contribution in [0.3, 0.4) is 0 Å². The average Bonchev–Trinajstić information content (AvgIpc) is 3.31. The first-order valence-electron chi connectivity index (χ1n) is 9.90. The number of carbonyl (C=O) groups is 1. The number of nitrogens with one attached hydrogen (secondary N) is 1. The summed E-state index contributed by atoms with van der Waals surface area (Å²) in [5, 5.41) is 7.79. The van der Waals surface area contributed by atoms with Gasteiger partial charge in [-0.2, -0.15) is 5.10 Å². The van der Waals surface area contributed by atoms with Gasteiger partial charge in [0.25, 0.3) is 5.91 Å². The van der Waals surface area contributed by atoms with Crippen molar-refractivity contribution in [3.8, 4) is 5.69 Å². The minimum Gasteiger partial charge on any atom is -0.343 e. The fourth-order valence-electron chi connectivity index (χ4n) is 3.93. The molecule has 0 aliphatic heterocycles. The van der Waals surface area contributed by atoms with E-state index in [0.29, 0.717) is 12.2 Å². The number of halogens is 1. The molecule has 0 bridgehead atoms. The molecule has 0 unspecified atom stereocenters. The van der Waals surface area contributed by atoms with E-state index < -0.39 is 0 Å². The van der Waals surface area contributed by atoms with Crippen molar-refractivity contribution in [2.45, 2.75) is 25.3 Å². The second kappa shape index (κ2) is 8.17. The molecule has 0 fully saturated rings. The highest BCUT2D eigenvalue weighted by molar-refractivity contribution is 5.94. The molecule has 1 aliphatic rings. The van der Waals surface area contributed by atoms with Crippen LogP contribution < -0.4 is 5.32 Å². The summed E-state index contributed by atoms with van der Waals surface area (Å²) in [5.41, 5.74) is 4.36. The summed E-state index contributed by atoms with van der Waals surface area (Å²) < 4.78 is 15.1. The number of hydrogen-bond donors (Lipinski definition) is 1. The summed E-state index contributed by atoms with van der Waals surface area (Å²) in [6.45, 7) is 0.691. The number of amides is 1. The van der Waals surface area contributed by atoms with Crippen molar-refractivity contribution in [2.75, 3.05) is 20.6 Å². The average molecular weight is 392 g/mol. The van der Waals surface area contributed by atoms with Crippen LogP contribution in [0, 0.1) is 5.82 Å². The Morgan fingerprint density at radius 2 is 1.86 bits per heavy atom. The molecule has 1 heterocycles. The van der Waals surface area contributed by atoms with Gasteiger partial charge in [-0.1, -0.05) is 30.3 Å². The molecule has 3 aromatic rings. The number of fused-ring (bicyclic) bond motifs is 1. The maximum Gasteiger partial charge on any atom is 0.272 e. The van der Waals surface area contributed by atoms with Gasteiger partial charge in [0.15, 0.2) is 5.69 Å². The lowest BCUT2D eigenvalue weighted by Crippen LogP contribution is -2.35. The van der Waals surface area contributed by atoms with Crippen LogP contribution >= 0.6 is 0 Å². The lowest BCUT2D eigenvalue weighted by Gasteiger charge is -2.22. The van der Waals surface area contributed by atoms with Crippen molar-refractivity contribution >= 4 is 5.91 Å². The van der Waals surface area contributed by atoms with E-state index in [1.807, 2.05) is 44.4 Å². The van der Waals surface area contributed by atoms with Crippen molar-refractivity contribution in [2.24, 2.45) is 0 Å². The van der Waals surface area contributed by atoms with Crippen LogP contribution in [-0.2, 0) is 12.8 Å². The Morgan fingerprint density at radius 3 is 2.55 bits per heavy atom. The molecule has 29 heavy (non-hydrogen) atoms. The number of benzene rings is 2. The Balaban J connectivity index is 1.64. The number of aromatic nitrogens is 2. The number of carbonyl (C=O) groups excluding carboxylic acids is 1. The maximum absolute atomic E-state index is 13.3. The predicted octanol–water partition coefficient (Wildman–Crippen LogP) is 3.53. The molecule has 2 aromatic carbocycles. The van der Waals surface area contributed by atoms with E-state index >= 15 is 0 Å². The van der Waals surface area contributed by atoms with Crippen LogP contribution in [0.2, 0.25) is 0 Å². The molecule has 5 nitrogen and oxygen atoms in total.